The summed E-state index contributed by atoms with van der Waals surface area (Å²) >= 11 is 0. The van der Waals surface area contributed by atoms with Crippen molar-refractivity contribution in [1.29, 1.82) is 0 Å². The normalized spacial score (nSPS) is 23.9. The van der Waals surface area contributed by atoms with Crippen LogP contribution >= 0.6 is 0 Å². The third-order valence-electron chi connectivity index (χ3n) is 8.60. The second kappa shape index (κ2) is 10.1. The number of para-hydroxylation sites is 2. The highest BCUT2D eigenvalue weighted by Crippen LogP contribution is 2.47. The quantitative estimate of drug-likeness (QED) is 0.279. The van der Waals surface area contributed by atoms with Crippen molar-refractivity contribution in [2.75, 3.05) is 19.8 Å². The summed E-state index contributed by atoms with van der Waals surface area (Å²) in [4.78, 5) is 52.1. The summed E-state index contributed by atoms with van der Waals surface area (Å²) in [5, 5.41) is 0. The number of likely N-dealkylation sites (tertiary alicyclic amines) is 1. The fourth-order valence-corrected chi connectivity index (χ4v) is 6.63. The van der Waals surface area contributed by atoms with Gasteiger partial charge in [-0.2, -0.15) is 0 Å². The zero-order valence-corrected chi connectivity index (χ0v) is 24.0. The Morgan fingerprint density at radius 2 is 1.83 bits per heavy atom. The molecular weight excluding hydrogens is 518 g/mol. The lowest BCUT2D eigenvalue weighted by molar-refractivity contribution is -0.0366. The molecule has 1 fully saturated rings. The molecule has 6 rings (SSSR count). The maximum atomic E-state index is 14.3. The average Bonchev–Trinajstić information content (AvgIpc) is 3.67. The van der Waals surface area contributed by atoms with Crippen molar-refractivity contribution >= 4 is 28.4 Å². The predicted octanol–water partition coefficient (Wildman–Crippen LogP) is 5.77. The monoisotopic (exact) mass is 553 g/mol. The summed E-state index contributed by atoms with van der Waals surface area (Å²) in [6.45, 7) is 8.94. The molecule has 3 aliphatic rings. The molecule has 1 aromatic heterocycles. The Labute approximate surface area is 239 Å². The molecule has 1 N–H and O–H groups in total. The number of fused-ring (bicyclic) bond motifs is 2. The Bertz CT molecular complexity index is 1600. The fraction of sp³-hybridized carbons (Fsp3) is 0.394. The number of allylic oxidation sites excluding steroid dienone is 2. The van der Waals surface area contributed by atoms with Crippen molar-refractivity contribution in [1.82, 2.24) is 14.9 Å². The van der Waals surface area contributed by atoms with Gasteiger partial charge in [-0.25, -0.2) is 4.98 Å². The molecule has 2 aromatic carbocycles. The van der Waals surface area contributed by atoms with E-state index in [2.05, 4.69) is 23.8 Å². The second-order valence-corrected chi connectivity index (χ2v) is 11.2. The van der Waals surface area contributed by atoms with Gasteiger partial charge in [0.15, 0.2) is 28.5 Å². The minimum Gasteiger partial charge on any atom is -0.495 e. The van der Waals surface area contributed by atoms with Crippen LogP contribution in [-0.4, -0.2) is 63.1 Å². The first kappa shape index (κ1) is 27.1. The van der Waals surface area contributed by atoms with Crippen molar-refractivity contribution < 1.29 is 23.9 Å². The molecule has 2 unspecified atom stereocenters. The molecule has 212 valence electrons. The Morgan fingerprint density at radius 3 is 2.56 bits per heavy atom. The molecule has 3 aromatic rings. The van der Waals surface area contributed by atoms with Gasteiger partial charge in [0.1, 0.15) is 5.76 Å². The molecule has 41 heavy (non-hydrogen) atoms. The number of rotatable bonds is 8. The molecule has 1 saturated heterocycles. The van der Waals surface area contributed by atoms with Gasteiger partial charge in [-0.05, 0) is 68.5 Å². The maximum absolute atomic E-state index is 14.3. The number of ketones is 3. The van der Waals surface area contributed by atoms with Crippen molar-refractivity contribution in [3.05, 3.63) is 88.6 Å². The van der Waals surface area contributed by atoms with E-state index in [0.29, 0.717) is 54.1 Å². The number of imidazole rings is 1. The summed E-state index contributed by atoms with van der Waals surface area (Å²) in [5.41, 5.74) is 1.29. The van der Waals surface area contributed by atoms with E-state index < -0.39 is 11.1 Å². The van der Waals surface area contributed by atoms with Crippen LogP contribution in [0, 0.1) is 0 Å². The van der Waals surface area contributed by atoms with Gasteiger partial charge in [0.25, 0.3) is 0 Å². The van der Waals surface area contributed by atoms with Crippen LogP contribution in [0.15, 0.2) is 66.1 Å². The van der Waals surface area contributed by atoms with E-state index in [1.165, 1.54) is 0 Å². The third kappa shape index (κ3) is 3.99. The fourth-order valence-electron chi connectivity index (χ4n) is 6.63. The largest absolute Gasteiger partial charge is 0.495 e. The first-order valence-corrected chi connectivity index (χ1v) is 14.5. The number of aromatic amines is 1. The Kier molecular flexibility index (Phi) is 6.69. The van der Waals surface area contributed by atoms with Crippen molar-refractivity contribution in [2.24, 2.45) is 0 Å². The van der Waals surface area contributed by atoms with Crippen LogP contribution in [0.25, 0.3) is 11.0 Å². The van der Waals surface area contributed by atoms with E-state index in [-0.39, 0.29) is 42.1 Å². The van der Waals surface area contributed by atoms with Gasteiger partial charge < -0.3 is 19.4 Å². The van der Waals surface area contributed by atoms with E-state index in [1.807, 2.05) is 61.2 Å². The summed E-state index contributed by atoms with van der Waals surface area (Å²) < 4.78 is 12.3. The number of benzene rings is 2. The molecule has 0 bridgehead atoms. The summed E-state index contributed by atoms with van der Waals surface area (Å²) in [6, 6.07) is 13.1. The molecule has 0 saturated carbocycles. The van der Waals surface area contributed by atoms with Crippen LogP contribution in [0.1, 0.15) is 89.8 Å². The highest BCUT2D eigenvalue weighted by atomic mass is 16.5. The number of hydrogen-bond donors (Lipinski definition) is 1. The maximum Gasteiger partial charge on any atom is 0.237 e. The number of H-pyrrole nitrogens is 1. The third-order valence-corrected chi connectivity index (χ3v) is 8.60. The van der Waals surface area contributed by atoms with Gasteiger partial charge in [-0.1, -0.05) is 38.1 Å². The lowest BCUT2D eigenvalue weighted by Crippen LogP contribution is -2.55. The van der Waals surface area contributed by atoms with Crippen LogP contribution in [0.2, 0.25) is 0 Å². The van der Waals surface area contributed by atoms with Crippen LogP contribution in [0.4, 0.5) is 0 Å². The summed E-state index contributed by atoms with van der Waals surface area (Å²) in [5.74, 6) is 0.101. The first-order chi connectivity index (χ1) is 19.8. The lowest BCUT2D eigenvalue weighted by Gasteiger charge is -2.42. The standard InChI is InChI=1S/C33H35N3O5/c1-5-40-27-15-13-22(19-33(27,41-6-2)30(39)31-34-25-10-7-8-11-26(25)35-31)36-17-9-16-32(36)28(37)23-14-12-21(20(3)4)18-24(23)29(32)38/h7-8,10-15,18,20H,5-6,9,16-17,19H2,1-4H3,(H,34,35). The van der Waals surface area contributed by atoms with Gasteiger partial charge >= 0.3 is 0 Å². The molecule has 0 radical (unpaired) electrons. The van der Waals surface area contributed by atoms with E-state index in [4.69, 9.17) is 9.47 Å². The molecule has 8 heteroatoms. The average molecular weight is 554 g/mol. The summed E-state index contributed by atoms with van der Waals surface area (Å²) in [6.07, 6.45) is 4.83. The summed E-state index contributed by atoms with van der Waals surface area (Å²) in [7, 11) is 0. The number of Topliss-reactive ketones (excluding diaryl/α,β-unsaturated/α-hetero) is 3. The molecule has 2 aliphatic carbocycles. The van der Waals surface area contributed by atoms with Gasteiger partial charge in [-0.3, -0.25) is 14.4 Å². The van der Waals surface area contributed by atoms with Crippen LogP contribution < -0.4 is 0 Å². The molecule has 1 aliphatic heterocycles. The Hall–Kier alpha value is -4.04. The molecular formula is C33H35N3O5. The lowest BCUT2D eigenvalue weighted by atomic mass is 9.83. The molecule has 8 nitrogen and oxygen atoms in total. The van der Waals surface area contributed by atoms with Gasteiger partial charge in [0, 0.05) is 36.4 Å². The number of nitrogens with zero attached hydrogens (tertiary/aromatic N) is 2. The molecule has 1 spiro atoms. The number of nitrogens with one attached hydrogen (secondary N) is 1. The van der Waals surface area contributed by atoms with E-state index in [0.717, 1.165) is 11.1 Å². The highest BCUT2D eigenvalue weighted by Gasteiger charge is 2.60. The smallest absolute Gasteiger partial charge is 0.237 e. The van der Waals surface area contributed by atoms with E-state index in [1.54, 1.807) is 12.1 Å². The van der Waals surface area contributed by atoms with Gasteiger partial charge in [0.05, 0.1) is 17.6 Å². The highest BCUT2D eigenvalue weighted by molar-refractivity contribution is 6.33. The zero-order valence-electron chi connectivity index (χ0n) is 24.0. The van der Waals surface area contributed by atoms with Crippen molar-refractivity contribution in [2.45, 2.75) is 64.0 Å². The van der Waals surface area contributed by atoms with Crippen LogP contribution in [-0.2, 0) is 9.47 Å². The predicted molar refractivity (Wildman–Crippen MR) is 155 cm³/mol. The Balaban J connectivity index is 1.42. The second-order valence-electron chi connectivity index (χ2n) is 11.2. The zero-order chi connectivity index (χ0) is 28.9. The van der Waals surface area contributed by atoms with Crippen LogP contribution in [0.5, 0.6) is 0 Å². The van der Waals surface area contributed by atoms with E-state index in [9.17, 15) is 14.4 Å². The number of ether oxygens (including phenoxy) is 2. The molecule has 2 atom stereocenters. The first-order valence-electron chi connectivity index (χ1n) is 14.5. The van der Waals surface area contributed by atoms with Crippen molar-refractivity contribution in [3.63, 3.8) is 0 Å². The Morgan fingerprint density at radius 1 is 1.05 bits per heavy atom. The van der Waals surface area contributed by atoms with Crippen LogP contribution in [0.3, 0.4) is 0 Å². The minimum absolute atomic E-state index is 0.110. The number of carbonyl (C=O) groups is 3. The minimum atomic E-state index is -1.51. The number of hydrogen-bond acceptors (Lipinski definition) is 7. The molecule has 2 heterocycles. The topological polar surface area (TPSA) is 102 Å². The van der Waals surface area contributed by atoms with Gasteiger partial charge in [-0.15, -0.1) is 0 Å². The van der Waals surface area contributed by atoms with E-state index >= 15 is 0 Å². The van der Waals surface area contributed by atoms with Gasteiger partial charge in [0.2, 0.25) is 5.78 Å². The number of aromatic nitrogens is 2. The van der Waals surface area contributed by atoms with Crippen molar-refractivity contribution in [3.8, 4) is 0 Å². The SMILES string of the molecule is CCOC1=CC=C(N2CCCC23C(=O)c2ccc(C(C)C)cc2C3=O)CC1(OCC)C(=O)c1nc2ccccc2[nH]1. The molecule has 0 amide bonds. The number of carbonyl (C=O) groups excluding carboxylic acids is 3.